The number of ether oxygens (including phenoxy) is 1. The van der Waals surface area contributed by atoms with Crippen LogP contribution in [0.15, 0.2) is 30.3 Å². The lowest BCUT2D eigenvalue weighted by molar-refractivity contribution is -0.150. The highest BCUT2D eigenvalue weighted by molar-refractivity contribution is 5.77. The standard InChI is InChI=1S/C14H19NO4/c1-9(16)12(14(18)19-3)13(15-10(2)17)11-7-5-4-6-8-11/h4-9,12-13,16H,1-3H3,(H,15,17)/t9-,12-,13+/m1/s1. The van der Waals surface area contributed by atoms with Gasteiger partial charge in [-0.3, -0.25) is 9.59 Å². The molecule has 0 aliphatic carbocycles. The van der Waals surface area contributed by atoms with Crippen molar-refractivity contribution in [2.24, 2.45) is 5.92 Å². The zero-order valence-electron chi connectivity index (χ0n) is 11.3. The molecule has 3 atom stereocenters. The number of benzene rings is 1. The Hall–Kier alpha value is -1.88. The van der Waals surface area contributed by atoms with Crippen LogP contribution in [0.3, 0.4) is 0 Å². The number of rotatable bonds is 5. The zero-order chi connectivity index (χ0) is 14.4. The van der Waals surface area contributed by atoms with Crippen LogP contribution in [0, 0.1) is 5.92 Å². The average Bonchev–Trinajstić information content (AvgIpc) is 2.37. The van der Waals surface area contributed by atoms with Gasteiger partial charge in [-0.15, -0.1) is 0 Å². The molecule has 0 aliphatic heterocycles. The maximum absolute atomic E-state index is 11.8. The second kappa shape index (κ2) is 6.89. The Labute approximate surface area is 112 Å². The first-order chi connectivity index (χ1) is 8.97. The summed E-state index contributed by atoms with van der Waals surface area (Å²) < 4.78 is 4.71. The molecular formula is C14H19NO4. The Morgan fingerprint density at radius 1 is 1.26 bits per heavy atom. The van der Waals surface area contributed by atoms with Crippen molar-refractivity contribution in [2.45, 2.75) is 26.0 Å². The van der Waals surface area contributed by atoms with Crippen LogP contribution < -0.4 is 5.32 Å². The van der Waals surface area contributed by atoms with Crippen LogP contribution >= 0.6 is 0 Å². The molecule has 5 nitrogen and oxygen atoms in total. The topological polar surface area (TPSA) is 75.6 Å². The summed E-state index contributed by atoms with van der Waals surface area (Å²) in [5, 5.41) is 12.5. The normalized spacial score (nSPS) is 15.2. The lowest BCUT2D eigenvalue weighted by atomic mass is 9.89. The third kappa shape index (κ3) is 4.06. The van der Waals surface area contributed by atoms with Gasteiger partial charge >= 0.3 is 5.97 Å². The van der Waals surface area contributed by atoms with E-state index < -0.39 is 24.0 Å². The van der Waals surface area contributed by atoms with E-state index in [4.69, 9.17) is 4.74 Å². The monoisotopic (exact) mass is 265 g/mol. The molecule has 0 heterocycles. The fourth-order valence-electron chi connectivity index (χ4n) is 2.01. The molecule has 0 aromatic heterocycles. The smallest absolute Gasteiger partial charge is 0.313 e. The number of amides is 1. The first-order valence-corrected chi connectivity index (χ1v) is 6.05. The Morgan fingerprint density at radius 2 is 1.84 bits per heavy atom. The third-order valence-corrected chi connectivity index (χ3v) is 2.87. The van der Waals surface area contributed by atoms with Crippen LogP contribution in [-0.2, 0) is 14.3 Å². The van der Waals surface area contributed by atoms with Crippen molar-refractivity contribution in [3.05, 3.63) is 35.9 Å². The number of nitrogens with one attached hydrogen (secondary N) is 1. The van der Waals surface area contributed by atoms with Crippen molar-refractivity contribution in [2.75, 3.05) is 7.11 Å². The van der Waals surface area contributed by atoms with Gasteiger partial charge in [0.2, 0.25) is 5.91 Å². The minimum Gasteiger partial charge on any atom is -0.469 e. The Morgan fingerprint density at radius 3 is 2.26 bits per heavy atom. The first-order valence-electron chi connectivity index (χ1n) is 6.05. The average molecular weight is 265 g/mol. The van der Waals surface area contributed by atoms with E-state index >= 15 is 0 Å². The minimum absolute atomic E-state index is 0.275. The SMILES string of the molecule is COC(=O)[C@H]([C@@H](C)O)[C@@H](NC(C)=O)c1ccccc1. The van der Waals surface area contributed by atoms with Gasteiger partial charge in [0.25, 0.3) is 0 Å². The van der Waals surface area contributed by atoms with Crippen molar-refractivity contribution in [3.63, 3.8) is 0 Å². The van der Waals surface area contributed by atoms with E-state index in [1.807, 2.05) is 6.07 Å². The number of aliphatic hydroxyl groups excluding tert-OH is 1. The minimum atomic E-state index is -0.940. The summed E-state index contributed by atoms with van der Waals surface area (Å²) in [4.78, 5) is 23.1. The molecule has 1 aromatic rings. The first kappa shape index (κ1) is 15.2. The molecule has 104 valence electrons. The lowest BCUT2D eigenvalue weighted by Crippen LogP contribution is -2.41. The summed E-state index contributed by atoms with van der Waals surface area (Å²) in [7, 11) is 1.26. The number of methoxy groups -OCH3 is 1. The van der Waals surface area contributed by atoms with Crippen LogP contribution in [0.25, 0.3) is 0 Å². The van der Waals surface area contributed by atoms with Crippen molar-refractivity contribution in [1.29, 1.82) is 0 Å². The van der Waals surface area contributed by atoms with Crippen LogP contribution in [0.4, 0.5) is 0 Å². The van der Waals surface area contributed by atoms with Gasteiger partial charge in [-0.25, -0.2) is 0 Å². The summed E-state index contributed by atoms with van der Waals surface area (Å²) >= 11 is 0. The molecule has 0 fully saturated rings. The van der Waals surface area contributed by atoms with Gasteiger partial charge in [0.15, 0.2) is 0 Å². The van der Waals surface area contributed by atoms with E-state index in [-0.39, 0.29) is 5.91 Å². The number of aliphatic hydroxyl groups is 1. The molecule has 2 N–H and O–H groups in total. The molecule has 0 saturated carbocycles. The predicted octanol–water partition coefficient (Wildman–Crippen LogP) is 1.03. The van der Waals surface area contributed by atoms with Crippen LogP contribution in [-0.4, -0.2) is 30.2 Å². The second-order valence-electron chi connectivity index (χ2n) is 4.38. The fraction of sp³-hybridized carbons (Fsp3) is 0.429. The number of carbonyl (C=O) groups is 2. The zero-order valence-corrected chi connectivity index (χ0v) is 11.3. The van der Waals surface area contributed by atoms with Gasteiger partial charge in [0.1, 0.15) is 5.92 Å². The molecule has 0 aliphatic rings. The summed E-state index contributed by atoms with van der Waals surface area (Å²) in [5.74, 6) is -1.68. The number of esters is 1. The molecule has 0 spiro atoms. The molecule has 1 aromatic carbocycles. The quantitative estimate of drug-likeness (QED) is 0.780. The Balaban J connectivity index is 3.14. The highest BCUT2D eigenvalue weighted by Gasteiger charge is 2.34. The highest BCUT2D eigenvalue weighted by atomic mass is 16.5. The molecular weight excluding hydrogens is 246 g/mol. The van der Waals surface area contributed by atoms with Crippen molar-refractivity contribution >= 4 is 11.9 Å². The molecule has 0 radical (unpaired) electrons. The summed E-state index contributed by atoms with van der Waals surface area (Å²) in [5.41, 5.74) is 0.744. The van der Waals surface area contributed by atoms with Crippen LogP contribution in [0.1, 0.15) is 25.5 Å². The van der Waals surface area contributed by atoms with Gasteiger partial charge in [-0.1, -0.05) is 30.3 Å². The van der Waals surface area contributed by atoms with E-state index in [1.165, 1.54) is 21.0 Å². The molecule has 5 heteroatoms. The fourth-order valence-corrected chi connectivity index (χ4v) is 2.01. The molecule has 0 saturated heterocycles. The maximum Gasteiger partial charge on any atom is 0.313 e. The number of carbonyl (C=O) groups excluding carboxylic acids is 2. The van der Waals surface area contributed by atoms with E-state index in [0.29, 0.717) is 0 Å². The Kier molecular flexibility index (Phi) is 5.51. The van der Waals surface area contributed by atoms with Crippen molar-refractivity contribution in [3.8, 4) is 0 Å². The van der Waals surface area contributed by atoms with E-state index in [9.17, 15) is 14.7 Å². The van der Waals surface area contributed by atoms with Crippen molar-refractivity contribution < 1.29 is 19.4 Å². The second-order valence-corrected chi connectivity index (χ2v) is 4.38. The lowest BCUT2D eigenvalue weighted by Gasteiger charge is -2.28. The largest absolute Gasteiger partial charge is 0.469 e. The summed E-state index contributed by atoms with van der Waals surface area (Å²) in [6, 6.07) is 8.41. The Bertz CT molecular complexity index is 430. The van der Waals surface area contributed by atoms with Crippen molar-refractivity contribution in [1.82, 2.24) is 5.32 Å². The van der Waals surface area contributed by atoms with Gasteiger partial charge in [-0.05, 0) is 12.5 Å². The molecule has 0 bridgehead atoms. The molecule has 0 unspecified atom stereocenters. The number of hydrogen-bond donors (Lipinski definition) is 2. The predicted molar refractivity (Wildman–Crippen MR) is 70.2 cm³/mol. The van der Waals surface area contributed by atoms with Crippen LogP contribution in [0.5, 0.6) is 0 Å². The molecule has 1 amide bonds. The van der Waals surface area contributed by atoms with E-state index in [0.717, 1.165) is 5.56 Å². The summed E-state index contributed by atoms with van der Waals surface area (Å²) in [6.45, 7) is 2.87. The van der Waals surface area contributed by atoms with Gasteiger partial charge in [-0.2, -0.15) is 0 Å². The van der Waals surface area contributed by atoms with E-state index in [2.05, 4.69) is 5.32 Å². The van der Waals surface area contributed by atoms with Crippen LogP contribution in [0.2, 0.25) is 0 Å². The third-order valence-electron chi connectivity index (χ3n) is 2.87. The molecule has 1 rings (SSSR count). The van der Waals surface area contributed by atoms with Gasteiger partial charge < -0.3 is 15.2 Å². The van der Waals surface area contributed by atoms with E-state index in [1.54, 1.807) is 24.3 Å². The van der Waals surface area contributed by atoms with Gasteiger partial charge in [0, 0.05) is 6.92 Å². The number of hydrogen-bond acceptors (Lipinski definition) is 4. The van der Waals surface area contributed by atoms with Gasteiger partial charge in [0.05, 0.1) is 19.3 Å². The molecule has 19 heavy (non-hydrogen) atoms. The summed E-state index contributed by atoms with van der Waals surface area (Å²) in [6.07, 6.45) is -0.940. The maximum atomic E-state index is 11.8. The highest BCUT2D eigenvalue weighted by Crippen LogP contribution is 2.26.